The normalized spacial score (nSPS) is 12.4. The first-order chi connectivity index (χ1) is 14.3. The molecule has 0 unspecified atom stereocenters. The number of hydrogen-bond donors (Lipinski definition) is 0. The summed E-state index contributed by atoms with van der Waals surface area (Å²) < 4.78 is 32.0. The molecule has 8 nitrogen and oxygen atoms in total. The van der Waals surface area contributed by atoms with Gasteiger partial charge in [-0.1, -0.05) is 12.1 Å². The van der Waals surface area contributed by atoms with Gasteiger partial charge in [0.25, 0.3) is 11.8 Å². The molecule has 1 amide bonds. The van der Waals surface area contributed by atoms with E-state index in [0.29, 0.717) is 17.8 Å². The van der Waals surface area contributed by atoms with E-state index in [-0.39, 0.29) is 30.1 Å². The number of ether oxygens (including phenoxy) is 1. The standard InChI is InChI=1S/C20H22F2N6O2/c1-4-27(14(2)13-30-19-23-11-15(12-24-19)20(3,21)22)18(29)16-7-5-6-8-17(16)28-25-9-10-26-28/h5-12,14H,4,13H2,1-3H3/t14-/m0/s1. The van der Waals surface area contributed by atoms with E-state index in [4.69, 9.17) is 4.74 Å². The molecule has 0 bridgehead atoms. The van der Waals surface area contributed by atoms with Gasteiger partial charge in [0, 0.05) is 25.9 Å². The molecule has 1 aromatic carbocycles. The number of carbonyl (C=O) groups is 1. The SMILES string of the molecule is CCN(C(=O)c1ccccc1-n1nccn1)[C@@H](C)COc1ncc(C(C)(F)F)cn1. The van der Waals surface area contributed by atoms with Crippen LogP contribution in [-0.2, 0) is 5.92 Å². The van der Waals surface area contributed by atoms with Crippen molar-refractivity contribution in [3.05, 3.63) is 60.2 Å². The average molecular weight is 416 g/mol. The van der Waals surface area contributed by atoms with Gasteiger partial charge in [0.1, 0.15) is 6.61 Å². The van der Waals surface area contributed by atoms with E-state index in [1.54, 1.807) is 29.2 Å². The average Bonchev–Trinajstić information content (AvgIpc) is 3.27. The zero-order valence-electron chi connectivity index (χ0n) is 16.9. The predicted molar refractivity (Wildman–Crippen MR) is 105 cm³/mol. The Balaban J connectivity index is 1.71. The summed E-state index contributed by atoms with van der Waals surface area (Å²) >= 11 is 0. The molecule has 2 heterocycles. The molecular formula is C20H22F2N6O2. The Morgan fingerprint density at radius 3 is 2.43 bits per heavy atom. The molecule has 30 heavy (non-hydrogen) atoms. The molecule has 0 N–H and O–H groups in total. The van der Waals surface area contributed by atoms with E-state index in [9.17, 15) is 13.6 Å². The number of hydrogen-bond acceptors (Lipinski definition) is 6. The summed E-state index contributed by atoms with van der Waals surface area (Å²) in [4.78, 5) is 23.8. The lowest BCUT2D eigenvalue weighted by Crippen LogP contribution is -2.42. The maximum Gasteiger partial charge on any atom is 0.316 e. The Morgan fingerprint density at radius 1 is 1.20 bits per heavy atom. The first-order valence-electron chi connectivity index (χ1n) is 9.41. The third kappa shape index (κ3) is 4.76. The molecule has 0 aliphatic heterocycles. The summed E-state index contributed by atoms with van der Waals surface area (Å²) in [5.74, 6) is -3.22. The van der Waals surface area contributed by atoms with Crippen LogP contribution in [0.25, 0.3) is 5.69 Å². The Labute approximate surface area is 172 Å². The molecule has 1 atom stereocenters. The summed E-state index contributed by atoms with van der Waals surface area (Å²) in [6.45, 7) is 4.99. The largest absolute Gasteiger partial charge is 0.461 e. The van der Waals surface area contributed by atoms with Crippen LogP contribution in [-0.4, -0.2) is 55.0 Å². The molecule has 0 aliphatic carbocycles. The summed E-state index contributed by atoms with van der Waals surface area (Å²) in [6.07, 6.45) is 5.14. The van der Waals surface area contributed by atoms with Crippen molar-refractivity contribution >= 4 is 5.91 Å². The Kier molecular flexibility index (Phi) is 6.34. The molecule has 0 saturated heterocycles. The van der Waals surface area contributed by atoms with Gasteiger partial charge >= 0.3 is 6.01 Å². The Morgan fingerprint density at radius 2 is 1.83 bits per heavy atom. The monoisotopic (exact) mass is 416 g/mol. The quantitative estimate of drug-likeness (QED) is 0.561. The number of aromatic nitrogens is 5. The van der Waals surface area contributed by atoms with Gasteiger partial charge in [-0.15, -0.1) is 0 Å². The third-order valence-electron chi connectivity index (χ3n) is 4.49. The second kappa shape index (κ2) is 8.93. The number of rotatable bonds is 8. The molecule has 2 aromatic heterocycles. The van der Waals surface area contributed by atoms with Crippen LogP contribution in [0.3, 0.4) is 0 Å². The lowest BCUT2D eigenvalue weighted by atomic mass is 10.1. The van der Waals surface area contributed by atoms with Gasteiger partial charge in [0.15, 0.2) is 0 Å². The van der Waals surface area contributed by atoms with E-state index < -0.39 is 5.92 Å². The van der Waals surface area contributed by atoms with Crippen LogP contribution in [0.2, 0.25) is 0 Å². The Hall–Kier alpha value is -3.43. The molecule has 0 radical (unpaired) electrons. The first-order valence-corrected chi connectivity index (χ1v) is 9.41. The highest BCUT2D eigenvalue weighted by atomic mass is 19.3. The van der Waals surface area contributed by atoms with Crippen LogP contribution < -0.4 is 4.74 Å². The van der Waals surface area contributed by atoms with Crippen LogP contribution in [0, 0.1) is 0 Å². The van der Waals surface area contributed by atoms with Crippen molar-refractivity contribution in [2.75, 3.05) is 13.2 Å². The van der Waals surface area contributed by atoms with Gasteiger partial charge < -0.3 is 9.64 Å². The van der Waals surface area contributed by atoms with Crippen molar-refractivity contribution in [2.45, 2.75) is 32.7 Å². The number of nitrogens with zero attached hydrogens (tertiary/aromatic N) is 6. The van der Waals surface area contributed by atoms with Gasteiger partial charge in [0.05, 0.1) is 35.2 Å². The number of carbonyl (C=O) groups excluding carboxylic acids is 1. The van der Waals surface area contributed by atoms with Gasteiger partial charge in [0.2, 0.25) is 0 Å². The molecule has 3 aromatic rings. The van der Waals surface area contributed by atoms with Crippen molar-refractivity contribution in [1.29, 1.82) is 0 Å². The minimum atomic E-state index is -3.02. The van der Waals surface area contributed by atoms with Crippen LogP contribution in [0.4, 0.5) is 8.78 Å². The summed E-state index contributed by atoms with van der Waals surface area (Å²) in [5, 5.41) is 8.20. The van der Waals surface area contributed by atoms with E-state index in [2.05, 4.69) is 20.2 Å². The van der Waals surface area contributed by atoms with Gasteiger partial charge in [-0.05, 0) is 26.0 Å². The molecule has 10 heteroatoms. The minimum absolute atomic E-state index is 0.0282. The van der Waals surface area contributed by atoms with Crippen molar-refractivity contribution in [2.24, 2.45) is 0 Å². The van der Waals surface area contributed by atoms with Gasteiger partial charge in [-0.2, -0.15) is 15.0 Å². The molecule has 3 rings (SSSR count). The predicted octanol–water partition coefficient (Wildman–Crippen LogP) is 3.10. The number of para-hydroxylation sites is 1. The fraction of sp³-hybridized carbons (Fsp3) is 0.350. The highest BCUT2D eigenvalue weighted by Gasteiger charge is 2.26. The van der Waals surface area contributed by atoms with Crippen molar-refractivity contribution in [3.63, 3.8) is 0 Å². The number of halogens is 2. The van der Waals surface area contributed by atoms with Crippen LogP contribution in [0.1, 0.15) is 36.7 Å². The smallest absolute Gasteiger partial charge is 0.316 e. The summed E-state index contributed by atoms with van der Waals surface area (Å²) in [5.41, 5.74) is 0.726. The number of likely N-dealkylation sites (N-methyl/N-ethyl adjacent to an activating group) is 1. The minimum Gasteiger partial charge on any atom is -0.461 e. The lowest BCUT2D eigenvalue weighted by molar-refractivity contribution is 0.0165. The van der Waals surface area contributed by atoms with Crippen LogP contribution in [0.5, 0.6) is 6.01 Å². The zero-order valence-corrected chi connectivity index (χ0v) is 16.9. The van der Waals surface area contributed by atoms with Crippen molar-refractivity contribution in [3.8, 4) is 11.7 Å². The van der Waals surface area contributed by atoms with E-state index in [1.807, 2.05) is 13.8 Å². The number of benzene rings is 1. The number of alkyl halides is 2. The second-order valence-corrected chi connectivity index (χ2v) is 6.73. The Bertz CT molecular complexity index is 974. The molecule has 0 saturated carbocycles. The van der Waals surface area contributed by atoms with Crippen LogP contribution in [0.15, 0.2) is 49.1 Å². The fourth-order valence-corrected chi connectivity index (χ4v) is 2.88. The third-order valence-corrected chi connectivity index (χ3v) is 4.49. The van der Waals surface area contributed by atoms with Crippen molar-refractivity contribution in [1.82, 2.24) is 29.9 Å². The van der Waals surface area contributed by atoms with E-state index in [0.717, 1.165) is 19.3 Å². The van der Waals surface area contributed by atoms with Crippen LogP contribution >= 0.6 is 0 Å². The van der Waals surface area contributed by atoms with Crippen molar-refractivity contribution < 1.29 is 18.3 Å². The highest BCUT2D eigenvalue weighted by molar-refractivity contribution is 5.97. The second-order valence-electron chi connectivity index (χ2n) is 6.73. The molecular weight excluding hydrogens is 394 g/mol. The van der Waals surface area contributed by atoms with E-state index >= 15 is 0 Å². The maximum absolute atomic E-state index is 13.3. The van der Waals surface area contributed by atoms with E-state index in [1.165, 1.54) is 17.2 Å². The highest BCUT2D eigenvalue weighted by Crippen LogP contribution is 2.25. The van der Waals surface area contributed by atoms with Gasteiger partial charge in [-0.3, -0.25) is 4.79 Å². The zero-order chi connectivity index (χ0) is 21.7. The molecule has 158 valence electrons. The molecule has 0 spiro atoms. The summed E-state index contributed by atoms with van der Waals surface area (Å²) in [6, 6.07) is 6.70. The summed E-state index contributed by atoms with van der Waals surface area (Å²) in [7, 11) is 0. The maximum atomic E-state index is 13.3. The molecule has 0 fully saturated rings. The topological polar surface area (TPSA) is 86.0 Å². The van der Waals surface area contributed by atoms with Gasteiger partial charge in [-0.25, -0.2) is 18.7 Å². The first kappa shape index (κ1) is 21.3. The number of amides is 1. The lowest BCUT2D eigenvalue weighted by Gasteiger charge is -2.28. The molecule has 0 aliphatic rings. The fourth-order valence-electron chi connectivity index (χ4n) is 2.88.